The summed E-state index contributed by atoms with van der Waals surface area (Å²) in [6.45, 7) is 7.58. The van der Waals surface area contributed by atoms with E-state index in [1.807, 2.05) is 6.92 Å². The van der Waals surface area contributed by atoms with Crippen LogP contribution in [-0.4, -0.2) is 16.8 Å². The second kappa shape index (κ2) is 4.65. The molecule has 0 saturated carbocycles. The SMILES string of the molecule is Cc1ccc([C@]2(C)CC[C@@H](C(C)(C)O)OO2)cc1. The van der Waals surface area contributed by atoms with E-state index in [2.05, 4.69) is 31.2 Å². The van der Waals surface area contributed by atoms with E-state index >= 15 is 0 Å². The smallest absolute Gasteiger partial charge is 0.126 e. The van der Waals surface area contributed by atoms with Crippen LogP contribution in [-0.2, 0) is 15.4 Å². The van der Waals surface area contributed by atoms with Crippen LogP contribution < -0.4 is 0 Å². The van der Waals surface area contributed by atoms with Gasteiger partial charge < -0.3 is 5.11 Å². The van der Waals surface area contributed by atoms with Gasteiger partial charge in [0, 0.05) is 0 Å². The maximum atomic E-state index is 9.91. The average Bonchev–Trinajstić information content (AvgIpc) is 2.29. The van der Waals surface area contributed by atoms with Crippen LogP contribution in [0, 0.1) is 6.92 Å². The molecule has 1 aromatic rings. The third kappa shape index (κ3) is 2.74. The number of hydrogen-bond acceptors (Lipinski definition) is 3. The molecule has 18 heavy (non-hydrogen) atoms. The van der Waals surface area contributed by atoms with Crippen LogP contribution >= 0.6 is 0 Å². The summed E-state index contributed by atoms with van der Waals surface area (Å²) in [4.78, 5) is 11.0. The fourth-order valence-electron chi connectivity index (χ4n) is 2.23. The first kappa shape index (κ1) is 13.5. The molecular formula is C15H22O3. The summed E-state index contributed by atoms with van der Waals surface area (Å²) >= 11 is 0. The summed E-state index contributed by atoms with van der Waals surface area (Å²) in [5.74, 6) is 0. The van der Waals surface area contributed by atoms with E-state index in [0.717, 1.165) is 18.4 Å². The Bertz CT molecular complexity index is 395. The summed E-state index contributed by atoms with van der Waals surface area (Å²) in [5.41, 5.74) is 1.06. The summed E-state index contributed by atoms with van der Waals surface area (Å²) < 4.78 is 0. The van der Waals surface area contributed by atoms with Gasteiger partial charge in [0.2, 0.25) is 0 Å². The lowest BCUT2D eigenvalue weighted by molar-refractivity contribution is -0.427. The molecule has 2 atom stereocenters. The first-order valence-electron chi connectivity index (χ1n) is 6.45. The van der Waals surface area contributed by atoms with Crippen LogP contribution in [0.5, 0.6) is 0 Å². The van der Waals surface area contributed by atoms with E-state index < -0.39 is 11.2 Å². The van der Waals surface area contributed by atoms with E-state index in [9.17, 15) is 5.11 Å². The number of hydrogen-bond donors (Lipinski definition) is 1. The quantitative estimate of drug-likeness (QED) is 0.820. The average molecular weight is 250 g/mol. The predicted octanol–water partition coefficient (Wildman–Crippen LogP) is 3.09. The van der Waals surface area contributed by atoms with Crippen molar-refractivity contribution in [2.75, 3.05) is 0 Å². The van der Waals surface area contributed by atoms with Crippen molar-refractivity contribution >= 4 is 0 Å². The molecule has 3 heteroatoms. The van der Waals surface area contributed by atoms with Gasteiger partial charge in [-0.25, -0.2) is 9.78 Å². The Morgan fingerprint density at radius 3 is 2.33 bits per heavy atom. The van der Waals surface area contributed by atoms with Crippen LogP contribution in [0.4, 0.5) is 0 Å². The summed E-state index contributed by atoms with van der Waals surface area (Å²) in [5, 5.41) is 9.91. The highest BCUT2D eigenvalue weighted by Gasteiger charge is 2.40. The maximum absolute atomic E-state index is 9.91. The molecular weight excluding hydrogens is 228 g/mol. The molecule has 0 bridgehead atoms. The Labute approximate surface area is 109 Å². The molecule has 0 amide bonds. The summed E-state index contributed by atoms with van der Waals surface area (Å²) in [6, 6.07) is 8.30. The highest BCUT2D eigenvalue weighted by atomic mass is 17.2. The van der Waals surface area contributed by atoms with Gasteiger partial charge in [0.15, 0.2) is 0 Å². The van der Waals surface area contributed by atoms with Crippen LogP contribution in [0.25, 0.3) is 0 Å². The molecule has 1 aromatic carbocycles. The standard InChI is InChI=1S/C15H22O3/c1-11-5-7-12(8-6-11)15(4)10-9-13(17-18-15)14(2,3)16/h5-8,13,16H,9-10H2,1-4H3/t13-,15-/m0/s1. The minimum atomic E-state index is -0.866. The molecule has 0 aromatic heterocycles. The van der Waals surface area contributed by atoms with Crippen LogP contribution in [0.2, 0.25) is 0 Å². The number of aliphatic hydroxyl groups is 1. The van der Waals surface area contributed by atoms with Crippen molar-refractivity contribution in [2.45, 2.75) is 57.8 Å². The first-order valence-corrected chi connectivity index (χ1v) is 6.45. The topological polar surface area (TPSA) is 38.7 Å². The Morgan fingerprint density at radius 1 is 1.28 bits per heavy atom. The lowest BCUT2D eigenvalue weighted by atomic mass is 9.86. The first-order chi connectivity index (χ1) is 8.31. The maximum Gasteiger partial charge on any atom is 0.126 e. The summed E-state index contributed by atoms with van der Waals surface area (Å²) in [7, 11) is 0. The monoisotopic (exact) mass is 250 g/mol. The minimum Gasteiger partial charge on any atom is -0.388 e. The zero-order chi connectivity index (χ0) is 13.4. The number of rotatable bonds is 2. The third-order valence-corrected chi connectivity index (χ3v) is 3.68. The van der Waals surface area contributed by atoms with E-state index in [4.69, 9.17) is 9.78 Å². The highest BCUT2D eigenvalue weighted by molar-refractivity contribution is 5.26. The second-order valence-corrected chi connectivity index (χ2v) is 5.96. The Morgan fingerprint density at radius 2 is 1.89 bits per heavy atom. The van der Waals surface area contributed by atoms with Crippen molar-refractivity contribution in [2.24, 2.45) is 0 Å². The lowest BCUT2D eigenvalue weighted by Crippen LogP contribution is -2.45. The van der Waals surface area contributed by atoms with Gasteiger partial charge in [-0.2, -0.15) is 0 Å². The van der Waals surface area contributed by atoms with Crippen molar-refractivity contribution in [1.29, 1.82) is 0 Å². The van der Waals surface area contributed by atoms with Gasteiger partial charge in [0.1, 0.15) is 11.7 Å². The molecule has 0 radical (unpaired) electrons. The second-order valence-electron chi connectivity index (χ2n) is 5.96. The van der Waals surface area contributed by atoms with Crippen molar-refractivity contribution in [3.63, 3.8) is 0 Å². The predicted molar refractivity (Wildman–Crippen MR) is 70.0 cm³/mol. The van der Waals surface area contributed by atoms with Gasteiger partial charge in [-0.05, 0) is 46.1 Å². The van der Waals surface area contributed by atoms with Crippen molar-refractivity contribution in [3.05, 3.63) is 35.4 Å². The molecule has 1 aliphatic heterocycles. The molecule has 1 aliphatic rings. The van der Waals surface area contributed by atoms with E-state index in [-0.39, 0.29) is 6.10 Å². The van der Waals surface area contributed by atoms with Gasteiger partial charge in [0.25, 0.3) is 0 Å². The van der Waals surface area contributed by atoms with Crippen LogP contribution in [0.1, 0.15) is 44.7 Å². The molecule has 3 nitrogen and oxygen atoms in total. The number of benzene rings is 1. The van der Waals surface area contributed by atoms with Gasteiger partial charge in [-0.15, -0.1) is 0 Å². The normalized spacial score (nSPS) is 29.3. The largest absolute Gasteiger partial charge is 0.388 e. The van der Waals surface area contributed by atoms with Crippen molar-refractivity contribution in [1.82, 2.24) is 0 Å². The zero-order valence-corrected chi connectivity index (χ0v) is 11.6. The Kier molecular flexibility index (Phi) is 3.49. The van der Waals surface area contributed by atoms with Crippen molar-refractivity contribution in [3.8, 4) is 0 Å². The lowest BCUT2D eigenvalue weighted by Gasteiger charge is -2.40. The molecule has 1 saturated heterocycles. The van der Waals surface area contributed by atoms with E-state index in [1.165, 1.54) is 5.56 Å². The van der Waals surface area contributed by atoms with E-state index in [1.54, 1.807) is 13.8 Å². The van der Waals surface area contributed by atoms with Crippen molar-refractivity contribution < 1.29 is 14.9 Å². The molecule has 1 N–H and O–H groups in total. The molecule has 1 heterocycles. The van der Waals surface area contributed by atoms with Gasteiger partial charge >= 0.3 is 0 Å². The third-order valence-electron chi connectivity index (χ3n) is 3.68. The van der Waals surface area contributed by atoms with Gasteiger partial charge in [-0.3, -0.25) is 0 Å². The van der Waals surface area contributed by atoms with Crippen LogP contribution in [0.3, 0.4) is 0 Å². The Hall–Kier alpha value is -0.900. The fourth-order valence-corrected chi connectivity index (χ4v) is 2.23. The molecule has 2 rings (SSSR count). The Balaban J connectivity index is 2.10. The molecule has 0 unspecified atom stereocenters. The van der Waals surface area contributed by atoms with Gasteiger partial charge in [0.05, 0.1) is 5.60 Å². The molecule has 1 fully saturated rings. The van der Waals surface area contributed by atoms with Crippen LogP contribution in [0.15, 0.2) is 24.3 Å². The molecule has 0 aliphatic carbocycles. The summed E-state index contributed by atoms with van der Waals surface area (Å²) in [6.07, 6.45) is 1.36. The van der Waals surface area contributed by atoms with E-state index in [0.29, 0.717) is 0 Å². The molecule has 100 valence electrons. The zero-order valence-electron chi connectivity index (χ0n) is 11.6. The fraction of sp³-hybridized carbons (Fsp3) is 0.600. The number of aryl methyl sites for hydroxylation is 1. The van der Waals surface area contributed by atoms with Gasteiger partial charge in [-0.1, -0.05) is 29.8 Å². The molecule has 0 spiro atoms. The highest BCUT2D eigenvalue weighted by Crippen LogP contribution is 2.38. The minimum absolute atomic E-state index is 0.268.